The summed E-state index contributed by atoms with van der Waals surface area (Å²) in [4.78, 5) is 0.161. The van der Waals surface area contributed by atoms with Gasteiger partial charge in [-0.05, 0) is 38.0 Å². The van der Waals surface area contributed by atoms with Crippen LogP contribution in [-0.4, -0.2) is 30.7 Å². The van der Waals surface area contributed by atoms with Gasteiger partial charge in [0.2, 0.25) is 10.0 Å². The summed E-state index contributed by atoms with van der Waals surface area (Å²) in [6, 6.07) is 2.90. The summed E-state index contributed by atoms with van der Waals surface area (Å²) in [5.41, 5.74) is 6.72. The van der Waals surface area contributed by atoms with Crippen LogP contribution < -0.4 is 10.5 Å². The van der Waals surface area contributed by atoms with Gasteiger partial charge in [0.15, 0.2) is 0 Å². The average molecular weight is 383 g/mol. The van der Waals surface area contributed by atoms with Gasteiger partial charge in [0.1, 0.15) is 0 Å². The van der Waals surface area contributed by atoms with Crippen molar-refractivity contribution in [2.24, 2.45) is 0 Å². The quantitative estimate of drug-likeness (QED) is 0.733. The molecule has 0 radical (unpaired) electrons. The van der Waals surface area contributed by atoms with E-state index in [0.29, 0.717) is 27.9 Å². The van der Waals surface area contributed by atoms with Gasteiger partial charge in [-0.3, -0.25) is 4.21 Å². The molecule has 5 nitrogen and oxygen atoms in total. The van der Waals surface area contributed by atoms with Crippen molar-refractivity contribution in [2.75, 3.05) is 17.7 Å². The Morgan fingerprint density at radius 3 is 2.60 bits per heavy atom. The molecular formula is C12H19BrN2O3S2. The molecule has 0 aliphatic rings. The fraction of sp³-hybridized carbons (Fsp3) is 0.500. The van der Waals surface area contributed by atoms with E-state index < -0.39 is 20.8 Å². The lowest BCUT2D eigenvalue weighted by Gasteiger charge is -2.16. The number of hydrogen-bond acceptors (Lipinski definition) is 4. The van der Waals surface area contributed by atoms with E-state index in [1.807, 2.05) is 0 Å². The molecule has 0 amide bonds. The fourth-order valence-electron chi connectivity index (χ4n) is 1.68. The molecule has 0 aromatic heterocycles. The number of rotatable bonds is 6. The normalized spacial score (nSPS) is 15.0. The second-order valence-corrected chi connectivity index (χ2v) is 8.86. The molecule has 0 aliphatic heterocycles. The molecule has 1 aromatic carbocycles. The van der Waals surface area contributed by atoms with Crippen molar-refractivity contribution in [3.63, 3.8) is 0 Å². The summed E-state index contributed by atoms with van der Waals surface area (Å²) >= 11 is 3.24. The Morgan fingerprint density at radius 2 is 2.05 bits per heavy atom. The van der Waals surface area contributed by atoms with Crippen LogP contribution in [-0.2, 0) is 20.8 Å². The SMILES string of the molecule is Cc1c(N)cc(Br)cc1S(=O)(=O)NC(C)CCS(C)=O. The van der Waals surface area contributed by atoms with Gasteiger partial charge in [0.05, 0.1) is 4.90 Å². The number of benzene rings is 1. The lowest BCUT2D eigenvalue weighted by molar-refractivity contribution is 0.555. The van der Waals surface area contributed by atoms with Crippen molar-refractivity contribution in [1.82, 2.24) is 4.72 Å². The zero-order valence-electron chi connectivity index (χ0n) is 11.6. The van der Waals surface area contributed by atoms with E-state index in [9.17, 15) is 12.6 Å². The van der Waals surface area contributed by atoms with Crippen LogP contribution in [0.5, 0.6) is 0 Å². The molecule has 0 saturated carbocycles. The molecule has 0 spiro atoms. The van der Waals surface area contributed by atoms with Crippen LogP contribution in [0.2, 0.25) is 0 Å². The molecule has 8 heteroatoms. The Labute approximate surface area is 131 Å². The maximum absolute atomic E-state index is 12.3. The van der Waals surface area contributed by atoms with Gasteiger partial charge in [-0.1, -0.05) is 15.9 Å². The summed E-state index contributed by atoms with van der Waals surface area (Å²) in [6.07, 6.45) is 2.12. The van der Waals surface area contributed by atoms with Crippen molar-refractivity contribution < 1.29 is 12.6 Å². The third-order valence-electron chi connectivity index (χ3n) is 2.85. The van der Waals surface area contributed by atoms with E-state index in [2.05, 4.69) is 20.7 Å². The molecule has 1 rings (SSSR count). The zero-order chi connectivity index (χ0) is 15.5. The molecule has 114 valence electrons. The maximum Gasteiger partial charge on any atom is 0.241 e. The average Bonchev–Trinajstić information content (AvgIpc) is 2.30. The van der Waals surface area contributed by atoms with E-state index in [0.717, 1.165) is 0 Å². The largest absolute Gasteiger partial charge is 0.398 e. The van der Waals surface area contributed by atoms with Gasteiger partial charge < -0.3 is 5.73 Å². The second kappa shape index (κ2) is 7.02. The molecule has 0 fully saturated rings. The highest BCUT2D eigenvalue weighted by Gasteiger charge is 2.21. The molecule has 1 aromatic rings. The number of anilines is 1. The lowest BCUT2D eigenvalue weighted by Crippen LogP contribution is -2.34. The molecule has 0 bridgehead atoms. The standard InChI is InChI=1S/C12H19BrN2O3S2/c1-8(4-5-19(3)16)15-20(17,18)12-7-10(13)6-11(14)9(12)2/h6-8,15H,4-5,14H2,1-3H3. The molecule has 3 N–H and O–H groups in total. The summed E-state index contributed by atoms with van der Waals surface area (Å²) in [7, 11) is -4.58. The summed E-state index contributed by atoms with van der Waals surface area (Å²) in [6.45, 7) is 3.42. The summed E-state index contributed by atoms with van der Waals surface area (Å²) in [5, 5.41) is 0. The van der Waals surface area contributed by atoms with Gasteiger partial charge in [0.25, 0.3) is 0 Å². The topological polar surface area (TPSA) is 89.3 Å². The van der Waals surface area contributed by atoms with E-state index in [-0.39, 0.29) is 10.9 Å². The monoisotopic (exact) mass is 382 g/mol. The molecule has 0 saturated heterocycles. The summed E-state index contributed by atoms with van der Waals surface area (Å²) in [5.74, 6) is 0.462. The van der Waals surface area contributed by atoms with E-state index in [1.165, 1.54) is 6.07 Å². The first-order valence-electron chi connectivity index (χ1n) is 6.01. The Hall–Kier alpha value is -0.440. The number of nitrogen functional groups attached to an aromatic ring is 1. The smallest absolute Gasteiger partial charge is 0.241 e. The van der Waals surface area contributed by atoms with Crippen molar-refractivity contribution in [3.8, 4) is 0 Å². The predicted octanol–water partition coefficient (Wildman–Crippen LogP) is 1.78. The molecule has 2 atom stereocenters. The van der Waals surface area contributed by atoms with Gasteiger partial charge in [0, 0.05) is 39.0 Å². The van der Waals surface area contributed by atoms with Crippen LogP contribution in [0.15, 0.2) is 21.5 Å². The highest BCUT2D eigenvalue weighted by Crippen LogP contribution is 2.26. The highest BCUT2D eigenvalue weighted by molar-refractivity contribution is 9.10. The third kappa shape index (κ3) is 4.83. The first kappa shape index (κ1) is 17.6. The zero-order valence-corrected chi connectivity index (χ0v) is 14.9. The summed E-state index contributed by atoms with van der Waals surface area (Å²) < 4.78 is 38.9. The number of nitrogens with two attached hydrogens (primary N) is 1. The first-order valence-corrected chi connectivity index (χ1v) is 10.0. The number of sulfonamides is 1. The van der Waals surface area contributed by atoms with E-state index in [1.54, 1.807) is 26.2 Å². The molecular weight excluding hydrogens is 364 g/mol. The van der Waals surface area contributed by atoms with Crippen molar-refractivity contribution in [3.05, 3.63) is 22.2 Å². The van der Waals surface area contributed by atoms with E-state index in [4.69, 9.17) is 5.73 Å². The second-order valence-electron chi connectivity index (χ2n) is 4.71. The number of nitrogens with one attached hydrogen (secondary N) is 1. The van der Waals surface area contributed by atoms with Crippen molar-refractivity contribution in [2.45, 2.75) is 31.2 Å². The van der Waals surface area contributed by atoms with Crippen LogP contribution in [0, 0.1) is 6.92 Å². The van der Waals surface area contributed by atoms with Gasteiger partial charge in [-0.15, -0.1) is 0 Å². The Bertz CT molecular complexity index is 617. The maximum atomic E-state index is 12.3. The Kier molecular flexibility index (Phi) is 6.18. The van der Waals surface area contributed by atoms with Gasteiger partial charge >= 0.3 is 0 Å². The minimum atomic E-state index is -3.64. The van der Waals surface area contributed by atoms with Crippen molar-refractivity contribution in [1.29, 1.82) is 0 Å². The minimum Gasteiger partial charge on any atom is -0.398 e. The van der Waals surface area contributed by atoms with Crippen LogP contribution >= 0.6 is 15.9 Å². The molecule has 20 heavy (non-hydrogen) atoms. The first-order chi connectivity index (χ1) is 9.13. The third-order valence-corrected chi connectivity index (χ3v) is 5.83. The van der Waals surface area contributed by atoms with Gasteiger partial charge in [-0.2, -0.15) is 0 Å². The Morgan fingerprint density at radius 1 is 1.45 bits per heavy atom. The minimum absolute atomic E-state index is 0.161. The molecule has 0 aliphatic carbocycles. The molecule has 0 heterocycles. The number of halogens is 1. The molecule has 2 unspecified atom stereocenters. The Balaban J connectivity index is 2.97. The highest BCUT2D eigenvalue weighted by atomic mass is 79.9. The van der Waals surface area contributed by atoms with Gasteiger partial charge in [-0.25, -0.2) is 13.1 Å². The fourth-order valence-corrected chi connectivity index (χ4v) is 4.57. The van der Waals surface area contributed by atoms with Crippen molar-refractivity contribution >= 4 is 42.4 Å². The van der Waals surface area contributed by atoms with Crippen LogP contribution in [0.25, 0.3) is 0 Å². The van der Waals surface area contributed by atoms with Crippen LogP contribution in [0.1, 0.15) is 18.9 Å². The lowest BCUT2D eigenvalue weighted by atomic mass is 10.2. The van der Waals surface area contributed by atoms with Crippen LogP contribution in [0.4, 0.5) is 5.69 Å². The number of hydrogen-bond donors (Lipinski definition) is 2. The van der Waals surface area contributed by atoms with E-state index >= 15 is 0 Å². The predicted molar refractivity (Wildman–Crippen MR) is 86.6 cm³/mol. The van der Waals surface area contributed by atoms with Crippen LogP contribution in [0.3, 0.4) is 0 Å².